The lowest BCUT2D eigenvalue weighted by Crippen LogP contribution is -2.35. The van der Waals surface area contributed by atoms with Crippen molar-refractivity contribution in [1.29, 1.82) is 0 Å². The zero-order valence-electron chi connectivity index (χ0n) is 9.58. The number of rotatable bonds is 5. The van der Waals surface area contributed by atoms with Crippen LogP contribution >= 0.6 is 27.3 Å². The van der Waals surface area contributed by atoms with E-state index < -0.39 is 10.0 Å². The van der Waals surface area contributed by atoms with E-state index in [-0.39, 0.29) is 6.04 Å². The van der Waals surface area contributed by atoms with Crippen LogP contribution in [0.25, 0.3) is 0 Å². The molecule has 0 bridgehead atoms. The number of thiophene rings is 1. The Bertz CT molecular complexity index is 607. The van der Waals surface area contributed by atoms with Crippen molar-refractivity contribution in [2.45, 2.75) is 23.7 Å². The lowest BCUT2D eigenvalue weighted by atomic mass is 10.4. The summed E-state index contributed by atoms with van der Waals surface area (Å²) in [4.78, 5) is 0. The molecule has 0 radical (unpaired) electrons. The highest BCUT2D eigenvalue weighted by Gasteiger charge is 2.21. The molecule has 0 amide bonds. The Kier molecular flexibility index (Phi) is 4.21. The largest absolute Gasteiger partial charge is 0.271 e. The molecule has 0 saturated heterocycles. The summed E-state index contributed by atoms with van der Waals surface area (Å²) >= 11 is 4.41. The average molecular weight is 350 g/mol. The maximum atomic E-state index is 12.1. The fraction of sp³-hybridized carbons (Fsp3) is 0.300. The second-order valence-electron chi connectivity index (χ2n) is 3.81. The normalized spacial score (nSPS) is 13.7. The van der Waals surface area contributed by atoms with Crippen molar-refractivity contribution in [2.24, 2.45) is 0 Å². The SMILES string of the molecule is CC(Cn1cccn1)NS(=O)(=O)c1sccc1Br. The first-order chi connectivity index (χ1) is 8.49. The highest BCUT2D eigenvalue weighted by atomic mass is 79.9. The summed E-state index contributed by atoms with van der Waals surface area (Å²) in [6, 6.07) is 3.29. The summed E-state index contributed by atoms with van der Waals surface area (Å²) in [6.07, 6.45) is 3.46. The molecule has 0 aliphatic carbocycles. The van der Waals surface area contributed by atoms with Crippen LogP contribution in [-0.2, 0) is 16.6 Å². The quantitative estimate of drug-likeness (QED) is 0.898. The van der Waals surface area contributed by atoms with Crippen LogP contribution in [0, 0.1) is 0 Å². The molecule has 1 atom stereocenters. The monoisotopic (exact) mass is 349 g/mol. The molecule has 1 N–H and O–H groups in total. The molecule has 0 fully saturated rings. The maximum Gasteiger partial charge on any atom is 0.251 e. The van der Waals surface area contributed by atoms with Crippen LogP contribution in [0.1, 0.15) is 6.92 Å². The fourth-order valence-electron chi connectivity index (χ4n) is 1.52. The predicted molar refractivity (Wildman–Crippen MR) is 74.0 cm³/mol. The molecule has 2 aromatic heterocycles. The Balaban J connectivity index is 2.07. The van der Waals surface area contributed by atoms with Crippen molar-refractivity contribution in [1.82, 2.24) is 14.5 Å². The number of aromatic nitrogens is 2. The lowest BCUT2D eigenvalue weighted by Gasteiger charge is -2.13. The van der Waals surface area contributed by atoms with E-state index in [0.717, 1.165) is 0 Å². The van der Waals surface area contributed by atoms with E-state index in [9.17, 15) is 8.42 Å². The topological polar surface area (TPSA) is 64.0 Å². The molecule has 98 valence electrons. The zero-order valence-corrected chi connectivity index (χ0v) is 12.8. The van der Waals surface area contributed by atoms with E-state index in [4.69, 9.17) is 0 Å². The van der Waals surface area contributed by atoms with Crippen molar-refractivity contribution in [3.63, 3.8) is 0 Å². The molecule has 2 aromatic rings. The van der Waals surface area contributed by atoms with Gasteiger partial charge in [-0.05, 0) is 40.4 Å². The predicted octanol–water partition coefficient (Wildman–Crippen LogP) is 2.07. The van der Waals surface area contributed by atoms with Crippen molar-refractivity contribution in [3.05, 3.63) is 34.4 Å². The molecule has 0 saturated carbocycles. The van der Waals surface area contributed by atoms with Gasteiger partial charge in [0.15, 0.2) is 0 Å². The third-order valence-electron chi connectivity index (χ3n) is 2.20. The number of nitrogens with one attached hydrogen (secondary N) is 1. The third kappa shape index (κ3) is 3.19. The van der Waals surface area contributed by atoms with E-state index in [1.807, 2.05) is 0 Å². The van der Waals surface area contributed by atoms with E-state index in [1.165, 1.54) is 11.3 Å². The minimum Gasteiger partial charge on any atom is -0.271 e. The zero-order chi connectivity index (χ0) is 13.2. The van der Waals surface area contributed by atoms with Crippen molar-refractivity contribution < 1.29 is 8.42 Å². The van der Waals surface area contributed by atoms with E-state index in [1.54, 1.807) is 41.5 Å². The second kappa shape index (κ2) is 5.52. The number of halogens is 1. The van der Waals surface area contributed by atoms with Gasteiger partial charge in [0.2, 0.25) is 0 Å². The summed E-state index contributed by atoms with van der Waals surface area (Å²) in [5.41, 5.74) is 0. The first-order valence-electron chi connectivity index (χ1n) is 5.22. The van der Waals surface area contributed by atoms with Crippen molar-refractivity contribution in [3.8, 4) is 0 Å². The van der Waals surface area contributed by atoms with Gasteiger partial charge < -0.3 is 0 Å². The Morgan fingerprint density at radius 2 is 2.39 bits per heavy atom. The molecule has 1 unspecified atom stereocenters. The van der Waals surface area contributed by atoms with E-state index in [2.05, 4.69) is 25.8 Å². The standard InChI is InChI=1S/C10H12BrN3O2S2/c1-8(7-14-5-2-4-12-14)13-18(15,16)10-9(11)3-6-17-10/h2-6,8,13H,7H2,1H3. The van der Waals surface area contributed by atoms with Crippen LogP contribution in [0.5, 0.6) is 0 Å². The van der Waals surface area contributed by atoms with Gasteiger partial charge >= 0.3 is 0 Å². The molecule has 0 aliphatic rings. The van der Waals surface area contributed by atoms with Gasteiger partial charge in [-0.15, -0.1) is 11.3 Å². The van der Waals surface area contributed by atoms with Crippen LogP contribution in [0.3, 0.4) is 0 Å². The molecule has 0 spiro atoms. The fourth-order valence-corrected chi connectivity index (χ4v) is 5.11. The van der Waals surface area contributed by atoms with Gasteiger partial charge in [-0.3, -0.25) is 4.68 Å². The molecule has 2 heterocycles. The Morgan fingerprint density at radius 1 is 1.61 bits per heavy atom. The Labute approximate surface area is 118 Å². The van der Waals surface area contributed by atoms with Crippen LogP contribution in [0.15, 0.2) is 38.6 Å². The van der Waals surface area contributed by atoms with Crippen LogP contribution in [-0.4, -0.2) is 24.2 Å². The van der Waals surface area contributed by atoms with Gasteiger partial charge in [0.05, 0.1) is 6.54 Å². The van der Waals surface area contributed by atoms with Crippen LogP contribution in [0.2, 0.25) is 0 Å². The van der Waals surface area contributed by atoms with Crippen LogP contribution in [0.4, 0.5) is 0 Å². The summed E-state index contributed by atoms with van der Waals surface area (Å²) in [7, 11) is -3.47. The number of nitrogens with zero attached hydrogens (tertiary/aromatic N) is 2. The molecular formula is C10H12BrN3O2S2. The van der Waals surface area contributed by atoms with Gasteiger partial charge in [0.1, 0.15) is 4.21 Å². The summed E-state index contributed by atoms with van der Waals surface area (Å²) < 4.78 is 29.4. The number of hydrogen-bond donors (Lipinski definition) is 1. The number of hydrogen-bond acceptors (Lipinski definition) is 4. The smallest absolute Gasteiger partial charge is 0.251 e. The highest BCUT2D eigenvalue weighted by Crippen LogP contribution is 2.27. The highest BCUT2D eigenvalue weighted by molar-refractivity contribution is 9.10. The molecular weight excluding hydrogens is 338 g/mol. The van der Waals surface area contributed by atoms with Crippen molar-refractivity contribution >= 4 is 37.3 Å². The Hall–Kier alpha value is -0.700. The first kappa shape index (κ1) is 13.7. The minimum absolute atomic E-state index is 0.233. The van der Waals surface area contributed by atoms with E-state index in [0.29, 0.717) is 15.2 Å². The lowest BCUT2D eigenvalue weighted by molar-refractivity contribution is 0.494. The van der Waals surface area contributed by atoms with Gasteiger partial charge in [-0.25, -0.2) is 13.1 Å². The van der Waals surface area contributed by atoms with Crippen molar-refractivity contribution in [2.75, 3.05) is 0 Å². The average Bonchev–Trinajstić information content (AvgIpc) is 2.88. The van der Waals surface area contributed by atoms with Crippen LogP contribution < -0.4 is 4.72 Å². The molecule has 0 aromatic carbocycles. The summed E-state index contributed by atoms with van der Waals surface area (Å²) in [5.74, 6) is 0. The summed E-state index contributed by atoms with van der Waals surface area (Å²) in [6.45, 7) is 2.30. The molecule has 18 heavy (non-hydrogen) atoms. The number of sulfonamides is 1. The van der Waals surface area contributed by atoms with Gasteiger partial charge in [0, 0.05) is 22.9 Å². The molecule has 8 heteroatoms. The maximum absolute atomic E-state index is 12.1. The molecule has 0 aliphatic heterocycles. The minimum atomic E-state index is -3.47. The van der Waals surface area contributed by atoms with Gasteiger partial charge in [0.25, 0.3) is 10.0 Å². The molecule has 2 rings (SSSR count). The third-order valence-corrected chi connectivity index (χ3v) is 6.46. The Morgan fingerprint density at radius 3 is 2.94 bits per heavy atom. The second-order valence-corrected chi connectivity index (χ2v) is 7.49. The van der Waals surface area contributed by atoms with E-state index >= 15 is 0 Å². The van der Waals surface area contributed by atoms with Gasteiger partial charge in [-0.1, -0.05) is 0 Å². The molecule has 5 nitrogen and oxygen atoms in total. The summed E-state index contributed by atoms with van der Waals surface area (Å²) in [5, 5.41) is 5.77. The first-order valence-corrected chi connectivity index (χ1v) is 8.37. The van der Waals surface area contributed by atoms with Gasteiger partial charge in [-0.2, -0.15) is 5.10 Å².